The van der Waals surface area contributed by atoms with Gasteiger partial charge in [-0.2, -0.15) is 18.2 Å². The monoisotopic (exact) mass is 500 g/mol. The largest absolute Gasteiger partial charge is 0.433 e. The molecule has 2 N–H and O–H groups in total. The standard InChI is InChI=1S/C21H15F3N8O4/c1-9-25-15-10(19(36)32(9)12-5-6-14(33)28-17(12)34)3-2-4-11(15)26-18(35)16-29-20-27-13(21(22,23)24)7-8-31(20)30-16/h2-4,7-8,12H,5-6H2,1H3,(H,26,35)(H,28,33,34). The molecule has 1 atom stereocenters. The normalized spacial score (nSPS) is 16.4. The Morgan fingerprint density at radius 2 is 1.92 bits per heavy atom. The van der Waals surface area contributed by atoms with Gasteiger partial charge in [0.05, 0.1) is 11.1 Å². The summed E-state index contributed by atoms with van der Waals surface area (Å²) in [6, 6.07) is 4.21. The number of halogens is 3. The molecule has 4 heterocycles. The van der Waals surface area contributed by atoms with E-state index in [4.69, 9.17) is 0 Å². The van der Waals surface area contributed by atoms with E-state index in [1.54, 1.807) is 0 Å². The minimum absolute atomic E-state index is 0.0712. The average molecular weight is 500 g/mol. The quantitative estimate of drug-likeness (QED) is 0.400. The molecular weight excluding hydrogens is 485 g/mol. The molecule has 3 aromatic heterocycles. The lowest BCUT2D eigenvalue weighted by atomic mass is 10.1. The first-order valence-corrected chi connectivity index (χ1v) is 10.5. The Bertz CT molecular complexity index is 1640. The molecule has 0 radical (unpaired) electrons. The van der Waals surface area contributed by atoms with Crippen LogP contribution in [0.2, 0.25) is 0 Å². The van der Waals surface area contributed by atoms with Crippen molar-refractivity contribution in [2.24, 2.45) is 0 Å². The first-order chi connectivity index (χ1) is 17.0. The average Bonchev–Trinajstić information content (AvgIpc) is 3.24. The van der Waals surface area contributed by atoms with E-state index in [-0.39, 0.29) is 35.3 Å². The van der Waals surface area contributed by atoms with Crippen molar-refractivity contribution in [1.29, 1.82) is 0 Å². The van der Waals surface area contributed by atoms with Gasteiger partial charge in [-0.05, 0) is 31.5 Å². The van der Waals surface area contributed by atoms with E-state index < -0.39 is 52.8 Å². The Labute approximate surface area is 198 Å². The van der Waals surface area contributed by atoms with Gasteiger partial charge in [0.25, 0.3) is 17.2 Å². The molecule has 5 rings (SSSR count). The number of amides is 3. The lowest BCUT2D eigenvalue weighted by Gasteiger charge is -2.24. The number of nitrogens with zero attached hydrogens (tertiary/aromatic N) is 6. The van der Waals surface area contributed by atoms with Crippen molar-refractivity contribution in [3.8, 4) is 0 Å². The highest BCUT2D eigenvalue weighted by Crippen LogP contribution is 2.27. The fourth-order valence-corrected chi connectivity index (χ4v) is 3.94. The maximum Gasteiger partial charge on any atom is 0.433 e. The summed E-state index contributed by atoms with van der Waals surface area (Å²) in [5.41, 5.74) is -1.48. The molecule has 0 aliphatic carbocycles. The van der Waals surface area contributed by atoms with E-state index in [0.717, 1.165) is 10.7 Å². The Hall–Kier alpha value is -4.69. The zero-order valence-corrected chi connectivity index (χ0v) is 18.3. The van der Waals surface area contributed by atoms with Crippen molar-refractivity contribution in [2.75, 3.05) is 5.32 Å². The van der Waals surface area contributed by atoms with Crippen molar-refractivity contribution in [2.45, 2.75) is 32.0 Å². The molecule has 0 saturated carbocycles. The van der Waals surface area contributed by atoms with Gasteiger partial charge >= 0.3 is 6.18 Å². The lowest BCUT2D eigenvalue weighted by Crippen LogP contribution is -2.45. The smallest absolute Gasteiger partial charge is 0.317 e. The number of aryl methyl sites for hydroxylation is 1. The minimum atomic E-state index is -4.69. The number of benzene rings is 1. The van der Waals surface area contributed by atoms with Crippen LogP contribution in [0.5, 0.6) is 0 Å². The lowest BCUT2D eigenvalue weighted by molar-refractivity contribution is -0.141. The second-order valence-electron chi connectivity index (χ2n) is 7.95. The zero-order valence-electron chi connectivity index (χ0n) is 18.3. The molecule has 1 aliphatic heterocycles. The van der Waals surface area contributed by atoms with Crippen LogP contribution in [0.4, 0.5) is 18.9 Å². The SMILES string of the molecule is Cc1nc2c(NC(=O)c3nc4nc(C(F)(F)F)ccn4n3)cccc2c(=O)n1C1CCC(=O)NC1=O. The number of anilines is 1. The van der Waals surface area contributed by atoms with Gasteiger partial charge in [-0.25, -0.2) is 14.5 Å². The first kappa shape index (κ1) is 23.1. The number of carbonyl (C=O) groups is 3. The molecule has 1 fully saturated rings. The number of para-hydroxylation sites is 1. The maximum absolute atomic E-state index is 13.2. The number of nitrogens with one attached hydrogen (secondary N) is 2. The number of imide groups is 1. The fraction of sp³-hybridized carbons (Fsp3) is 0.238. The number of alkyl halides is 3. The van der Waals surface area contributed by atoms with Crippen LogP contribution in [0.15, 0.2) is 35.3 Å². The van der Waals surface area contributed by atoms with Gasteiger partial charge in [-0.3, -0.25) is 29.1 Å². The molecule has 3 amide bonds. The molecular formula is C21H15F3N8O4. The third-order valence-electron chi connectivity index (χ3n) is 5.58. The van der Waals surface area contributed by atoms with Gasteiger partial charge in [0.2, 0.25) is 17.6 Å². The van der Waals surface area contributed by atoms with Crippen molar-refractivity contribution in [3.63, 3.8) is 0 Å². The number of aromatic nitrogens is 6. The topological polar surface area (TPSA) is 153 Å². The van der Waals surface area contributed by atoms with Crippen LogP contribution in [0.1, 0.15) is 41.0 Å². The van der Waals surface area contributed by atoms with Gasteiger partial charge in [-0.1, -0.05) is 6.07 Å². The molecule has 15 heteroatoms. The van der Waals surface area contributed by atoms with Crippen LogP contribution in [-0.4, -0.2) is 46.9 Å². The highest BCUT2D eigenvalue weighted by Gasteiger charge is 2.33. The van der Waals surface area contributed by atoms with Crippen LogP contribution < -0.4 is 16.2 Å². The molecule has 4 aromatic rings. The Morgan fingerprint density at radius 3 is 2.64 bits per heavy atom. The van der Waals surface area contributed by atoms with Gasteiger partial charge in [0, 0.05) is 12.6 Å². The van der Waals surface area contributed by atoms with Gasteiger partial charge in [0.1, 0.15) is 23.1 Å². The van der Waals surface area contributed by atoms with E-state index in [1.807, 2.05) is 0 Å². The third kappa shape index (κ3) is 3.93. The summed E-state index contributed by atoms with van der Waals surface area (Å²) in [6.45, 7) is 1.51. The van der Waals surface area contributed by atoms with Crippen molar-refractivity contribution < 1.29 is 27.6 Å². The van der Waals surface area contributed by atoms with Gasteiger partial charge in [-0.15, -0.1) is 5.10 Å². The summed E-state index contributed by atoms with van der Waals surface area (Å²) in [5.74, 6) is -2.59. The van der Waals surface area contributed by atoms with Crippen LogP contribution in [0, 0.1) is 6.92 Å². The van der Waals surface area contributed by atoms with E-state index in [9.17, 15) is 32.3 Å². The van der Waals surface area contributed by atoms with Crippen LogP contribution in [0.25, 0.3) is 16.7 Å². The molecule has 0 spiro atoms. The van der Waals surface area contributed by atoms with E-state index >= 15 is 0 Å². The molecule has 1 unspecified atom stereocenters. The number of rotatable bonds is 3. The first-order valence-electron chi connectivity index (χ1n) is 10.5. The van der Waals surface area contributed by atoms with Crippen molar-refractivity contribution in [1.82, 2.24) is 34.4 Å². The minimum Gasteiger partial charge on any atom is -0.317 e. The predicted molar refractivity (Wildman–Crippen MR) is 116 cm³/mol. The summed E-state index contributed by atoms with van der Waals surface area (Å²) in [6.07, 6.45) is -3.50. The van der Waals surface area contributed by atoms with Gasteiger partial charge < -0.3 is 5.32 Å². The summed E-state index contributed by atoms with van der Waals surface area (Å²) in [5, 5.41) is 8.66. The summed E-state index contributed by atoms with van der Waals surface area (Å²) in [4.78, 5) is 61.3. The number of piperidine rings is 1. The highest BCUT2D eigenvalue weighted by atomic mass is 19.4. The second kappa shape index (κ2) is 8.21. The number of fused-ring (bicyclic) bond motifs is 2. The molecule has 1 aromatic carbocycles. The predicted octanol–water partition coefficient (Wildman–Crippen LogP) is 1.39. The Kier molecular flexibility index (Phi) is 5.26. The number of hydrogen-bond acceptors (Lipinski definition) is 8. The molecule has 12 nitrogen and oxygen atoms in total. The van der Waals surface area contributed by atoms with Crippen LogP contribution >= 0.6 is 0 Å². The molecule has 1 aliphatic rings. The van der Waals surface area contributed by atoms with Gasteiger partial charge in [0.15, 0.2) is 0 Å². The Balaban J connectivity index is 1.50. The highest BCUT2D eigenvalue weighted by molar-refractivity contribution is 6.06. The number of carbonyl (C=O) groups excluding carboxylic acids is 3. The fourth-order valence-electron chi connectivity index (χ4n) is 3.94. The number of hydrogen-bond donors (Lipinski definition) is 2. The third-order valence-corrected chi connectivity index (χ3v) is 5.58. The molecule has 1 saturated heterocycles. The summed E-state index contributed by atoms with van der Waals surface area (Å²) < 4.78 is 40.8. The maximum atomic E-state index is 13.2. The van der Waals surface area contributed by atoms with Crippen molar-refractivity contribution >= 4 is 40.1 Å². The van der Waals surface area contributed by atoms with Crippen molar-refractivity contribution in [3.05, 3.63) is 58.2 Å². The summed E-state index contributed by atoms with van der Waals surface area (Å²) in [7, 11) is 0. The summed E-state index contributed by atoms with van der Waals surface area (Å²) >= 11 is 0. The molecule has 0 bridgehead atoms. The van der Waals surface area contributed by atoms with Crippen LogP contribution in [-0.2, 0) is 15.8 Å². The second-order valence-corrected chi connectivity index (χ2v) is 7.95. The molecule has 36 heavy (non-hydrogen) atoms. The zero-order chi connectivity index (χ0) is 25.8. The molecule has 184 valence electrons. The van der Waals surface area contributed by atoms with E-state index in [0.29, 0.717) is 6.07 Å². The van der Waals surface area contributed by atoms with E-state index in [2.05, 4.69) is 30.7 Å². The Morgan fingerprint density at radius 1 is 1.14 bits per heavy atom. The van der Waals surface area contributed by atoms with E-state index in [1.165, 1.54) is 29.7 Å². The van der Waals surface area contributed by atoms with Crippen LogP contribution in [0.3, 0.4) is 0 Å².